The maximum Gasteiger partial charge on any atom is 0.306 e. The molecule has 0 aromatic heterocycles. The first-order valence-electron chi connectivity index (χ1n) is 4.94. The molecule has 82 valence electrons. The Morgan fingerprint density at radius 3 is 2.21 bits per heavy atom. The van der Waals surface area contributed by atoms with Crippen LogP contribution in [0.2, 0.25) is 0 Å². The van der Waals surface area contributed by atoms with E-state index in [2.05, 4.69) is 13.8 Å². The molecule has 0 heterocycles. The van der Waals surface area contributed by atoms with E-state index in [9.17, 15) is 9.59 Å². The SMILES string of the molecule is CCC(CC)COC(=O)CCC(=O)Cl. The number of rotatable bonds is 7. The highest BCUT2D eigenvalue weighted by Crippen LogP contribution is 2.08. The summed E-state index contributed by atoms with van der Waals surface area (Å²) in [5.41, 5.74) is 0. The minimum atomic E-state index is -0.496. The molecule has 0 unspecified atom stereocenters. The molecule has 0 saturated carbocycles. The van der Waals surface area contributed by atoms with Crippen molar-refractivity contribution in [2.24, 2.45) is 5.92 Å². The largest absolute Gasteiger partial charge is 0.465 e. The fourth-order valence-electron chi connectivity index (χ4n) is 1.01. The van der Waals surface area contributed by atoms with E-state index >= 15 is 0 Å². The van der Waals surface area contributed by atoms with Gasteiger partial charge < -0.3 is 4.74 Å². The van der Waals surface area contributed by atoms with Gasteiger partial charge in [-0.2, -0.15) is 0 Å². The Morgan fingerprint density at radius 2 is 1.79 bits per heavy atom. The van der Waals surface area contributed by atoms with Crippen LogP contribution in [0.4, 0.5) is 0 Å². The molecule has 0 aromatic rings. The van der Waals surface area contributed by atoms with E-state index < -0.39 is 5.24 Å². The van der Waals surface area contributed by atoms with Crippen molar-refractivity contribution in [2.45, 2.75) is 39.5 Å². The van der Waals surface area contributed by atoms with Gasteiger partial charge in [0.2, 0.25) is 5.24 Å². The topological polar surface area (TPSA) is 43.4 Å². The van der Waals surface area contributed by atoms with E-state index in [0.29, 0.717) is 12.5 Å². The van der Waals surface area contributed by atoms with Gasteiger partial charge >= 0.3 is 5.97 Å². The van der Waals surface area contributed by atoms with Crippen molar-refractivity contribution in [3.63, 3.8) is 0 Å². The summed E-state index contributed by atoms with van der Waals surface area (Å²) in [7, 11) is 0. The summed E-state index contributed by atoms with van der Waals surface area (Å²) < 4.78 is 4.99. The van der Waals surface area contributed by atoms with Crippen LogP contribution >= 0.6 is 11.6 Å². The molecule has 0 atom stereocenters. The number of ether oxygens (including phenoxy) is 1. The van der Waals surface area contributed by atoms with Crippen LogP contribution in [0.15, 0.2) is 0 Å². The number of hydrogen-bond acceptors (Lipinski definition) is 3. The fraction of sp³-hybridized carbons (Fsp3) is 0.800. The second-order valence-corrected chi connectivity index (χ2v) is 3.64. The smallest absolute Gasteiger partial charge is 0.306 e. The first-order chi connectivity index (χ1) is 6.60. The molecule has 0 radical (unpaired) electrons. The van der Waals surface area contributed by atoms with Gasteiger partial charge in [-0.05, 0) is 17.5 Å². The molecule has 0 saturated heterocycles. The Bertz CT molecular complexity index is 188. The average Bonchev–Trinajstić information content (AvgIpc) is 2.16. The molecule has 0 spiro atoms. The molecule has 0 aliphatic heterocycles. The van der Waals surface area contributed by atoms with Gasteiger partial charge in [0.15, 0.2) is 0 Å². The Kier molecular flexibility index (Phi) is 7.48. The predicted molar refractivity (Wildman–Crippen MR) is 55.1 cm³/mol. The molecule has 3 nitrogen and oxygen atoms in total. The number of esters is 1. The third-order valence-corrected chi connectivity index (χ3v) is 2.35. The summed E-state index contributed by atoms with van der Waals surface area (Å²) in [6, 6.07) is 0. The summed E-state index contributed by atoms with van der Waals surface area (Å²) in [5, 5.41) is -0.496. The maximum atomic E-state index is 11.1. The molecule has 0 N–H and O–H groups in total. The van der Waals surface area contributed by atoms with Gasteiger partial charge in [-0.25, -0.2) is 0 Å². The first kappa shape index (κ1) is 13.4. The fourth-order valence-corrected chi connectivity index (χ4v) is 1.10. The van der Waals surface area contributed by atoms with Gasteiger partial charge in [0.05, 0.1) is 13.0 Å². The maximum absolute atomic E-state index is 11.1. The van der Waals surface area contributed by atoms with Gasteiger partial charge in [0.1, 0.15) is 0 Å². The molecule has 14 heavy (non-hydrogen) atoms. The Balaban J connectivity index is 3.57. The summed E-state index contributed by atoms with van der Waals surface area (Å²) in [4.78, 5) is 21.4. The van der Waals surface area contributed by atoms with Crippen molar-refractivity contribution in [2.75, 3.05) is 6.61 Å². The lowest BCUT2D eigenvalue weighted by Crippen LogP contribution is -2.13. The average molecular weight is 221 g/mol. The Labute approximate surface area is 89.8 Å². The van der Waals surface area contributed by atoms with Crippen LogP contribution in [0.25, 0.3) is 0 Å². The second kappa shape index (κ2) is 7.80. The molecule has 0 amide bonds. The highest BCUT2D eigenvalue weighted by atomic mass is 35.5. The van der Waals surface area contributed by atoms with E-state index in [0.717, 1.165) is 12.8 Å². The van der Waals surface area contributed by atoms with Gasteiger partial charge in [0, 0.05) is 6.42 Å². The lowest BCUT2D eigenvalue weighted by atomic mass is 10.1. The number of carbonyl (C=O) groups is 2. The minimum Gasteiger partial charge on any atom is -0.465 e. The monoisotopic (exact) mass is 220 g/mol. The van der Waals surface area contributed by atoms with Gasteiger partial charge in [0.25, 0.3) is 0 Å². The minimum absolute atomic E-state index is 0.0588. The second-order valence-electron chi connectivity index (χ2n) is 3.22. The highest BCUT2D eigenvalue weighted by Gasteiger charge is 2.09. The van der Waals surface area contributed by atoms with Crippen LogP contribution < -0.4 is 0 Å². The van der Waals surface area contributed by atoms with Crippen LogP contribution in [-0.2, 0) is 14.3 Å². The molecule has 4 heteroatoms. The van der Waals surface area contributed by atoms with Crippen LogP contribution in [0.3, 0.4) is 0 Å². The third kappa shape index (κ3) is 6.89. The molecule has 0 fully saturated rings. The zero-order chi connectivity index (χ0) is 11.0. The van der Waals surface area contributed by atoms with Gasteiger partial charge in [-0.15, -0.1) is 0 Å². The molecular formula is C10H17ClO3. The van der Waals surface area contributed by atoms with Crippen LogP contribution in [-0.4, -0.2) is 17.8 Å². The van der Waals surface area contributed by atoms with Crippen LogP contribution in [0, 0.1) is 5.92 Å². The predicted octanol–water partition coefficient (Wildman–Crippen LogP) is 2.51. The number of carbonyl (C=O) groups excluding carboxylic acids is 2. The molecule has 0 aromatic carbocycles. The van der Waals surface area contributed by atoms with Crippen molar-refractivity contribution in [1.82, 2.24) is 0 Å². The summed E-state index contributed by atoms with van der Waals surface area (Å²) >= 11 is 5.09. The van der Waals surface area contributed by atoms with E-state index in [4.69, 9.17) is 16.3 Å². The first-order valence-corrected chi connectivity index (χ1v) is 5.31. The lowest BCUT2D eigenvalue weighted by molar-refractivity contribution is -0.145. The van der Waals surface area contributed by atoms with E-state index in [1.54, 1.807) is 0 Å². The summed E-state index contributed by atoms with van der Waals surface area (Å²) in [6.07, 6.45) is 2.14. The third-order valence-electron chi connectivity index (χ3n) is 2.16. The summed E-state index contributed by atoms with van der Waals surface area (Å²) in [6.45, 7) is 4.57. The van der Waals surface area contributed by atoms with Crippen molar-refractivity contribution in [3.05, 3.63) is 0 Å². The van der Waals surface area contributed by atoms with Crippen LogP contribution in [0.5, 0.6) is 0 Å². The van der Waals surface area contributed by atoms with Crippen LogP contribution in [0.1, 0.15) is 39.5 Å². The van der Waals surface area contributed by atoms with E-state index in [1.807, 2.05) is 0 Å². The molecule has 0 aliphatic carbocycles. The zero-order valence-electron chi connectivity index (χ0n) is 8.72. The Hall–Kier alpha value is -0.570. The van der Waals surface area contributed by atoms with E-state index in [1.165, 1.54) is 0 Å². The normalized spacial score (nSPS) is 10.3. The van der Waals surface area contributed by atoms with Crippen molar-refractivity contribution >= 4 is 22.8 Å². The van der Waals surface area contributed by atoms with Gasteiger partial charge in [-0.3, -0.25) is 9.59 Å². The molecule has 0 aliphatic rings. The molecular weight excluding hydrogens is 204 g/mol. The Morgan fingerprint density at radius 1 is 1.21 bits per heavy atom. The lowest BCUT2D eigenvalue weighted by Gasteiger charge is -2.11. The number of hydrogen-bond donors (Lipinski definition) is 0. The number of halogens is 1. The molecule has 0 bridgehead atoms. The zero-order valence-corrected chi connectivity index (χ0v) is 9.47. The summed E-state index contributed by atoms with van der Waals surface area (Å²) in [5.74, 6) is 0.0801. The van der Waals surface area contributed by atoms with E-state index in [-0.39, 0.29) is 18.8 Å². The quantitative estimate of drug-likeness (QED) is 0.489. The van der Waals surface area contributed by atoms with Crippen molar-refractivity contribution in [1.29, 1.82) is 0 Å². The highest BCUT2D eigenvalue weighted by molar-refractivity contribution is 6.63. The van der Waals surface area contributed by atoms with Crippen molar-refractivity contribution in [3.8, 4) is 0 Å². The van der Waals surface area contributed by atoms with Crippen molar-refractivity contribution < 1.29 is 14.3 Å². The molecule has 0 rings (SSSR count). The van der Waals surface area contributed by atoms with Gasteiger partial charge in [-0.1, -0.05) is 26.7 Å². The standard InChI is InChI=1S/C10H17ClO3/c1-3-8(4-2)7-14-10(13)6-5-9(11)12/h8H,3-7H2,1-2H3.